The monoisotopic (exact) mass is 215 g/mol. The smallest absolute Gasteiger partial charge is 0.320 e. The van der Waals surface area contributed by atoms with Gasteiger partial charge in [0, 0.05) is 6.04 Å². The Kier molecular flexibility index (Phi) is 7.39. The van der Waals surface area contributed by atoms with Crippen LogP contribution in [-0.2, 0) is 9.53 Å². The van der Waals surface area contributed by atoms with Gasteiger partial charge in [-0.05, 0) is 33.1 Å². The van der Waals surface area contributed by atoms with Crippen molar-refractivity contribution in [2.45, 2.75) is 59.6 Å². The Morgan fingerprint density at radius 1 is 1.27 bits per heavy atom. The van der Waals surface area contributed by atoms with E-state index in [-0.39, 0.29) is 12.1 Å². The number of carbonyl (C=O) groups excluding carboxylic acids is 1. The van der Waals surface area contributed by atoms with Crippen molar-refractivity contribution in [3.05, 3.63) is 0 Å². The number of rotatable bonds is 7. The van der Waals surface area contributed by atoms with Gasteiger partial charge >= 0.3 is 5.97 Å². The van der Waals surface area contributed by atoms with Crippen molar-refractivity contribution in [3.63, 3.8) is 0 Å². The summed E-state index contributed by atoms with van der Waals surface area (Å²) in [5.41, 5.74) is 0. The summed E-state index contributed by atoms with van der Waals surface area (Å²) in [4.78, 5) is 11.2. The summed E-state index contributed by atoms with van der Waals surface area (Å²) in [6.45, 7) is 10.6. The normalized spacial score (nSPS) is 15.1. The molecule has 0 aromatic rings. The molecule has 90 valence electrons. The fraction of sp³-hybridized carbons (Fsp3) is 0.917. The van der Waals surface area contributed by atoms with Gasteiger partial charge in [0.05, 0.1) is 12.6 Å². The SMILES string of the molecule is CCC(C)CC(C)NCC(=O)OC(C)C. The summed E-state index contributed by atoms with van der Waals surface area (Å²) in [5.74, 6) is 0.537. The van der Waals surface area contributed by atoms with Gasteiger partial charge in [-0.2, -0.15) is 0 Å². The first-order chi connectivity index (χ1) is 6.95. The molecular formula is C12H25NO2. The first-order valence-electron chi connectivity index (χ1n) is 5.88. The fourth-order valence-corrected chi connectivity index (χ4v) is 1.42. The molecule has 0 amide bonds. The van der Waals surface area contributed by atoms with Crippen molar-refractivity contribution in [2.24, 2.45) is 5.92 Å². The van der Waals surface area contributed by atoms with Gasteiger partial charge in [-0.3, -0.25) is 4.79 Å². The Bertz CT molecular complexity index is 180. The second kappa shape index (κ2) is 7.69. The summed E-state index contributed by atoms with van der Waals surface area (Å²) >= 11 is 0. The molecule has 0 saturated heterocycles. The molecule has 3 heteroatoms. The minimum absolute atomic E-state index is 0.0239. The van der Waals surface area contributed by atoms with Gasteiger partial charge in [0.15, 0.2) is 0 Å². The summed E-state index contributed by atoms with van der Waals surface area (Å²) in [7, 11) is 0. The number of hydrogen-bond donors (Lipinski definition) is 1. The third-order valence-corrected chi connectivity index (χ3v) is 2.41. The highest BCUT2D eigenvalue weighted by Gasteiger charge is 2.10. The number of esters is 1. The topological polar surface area (TPSA) is 38.3 Å². The summed E-state index contributed by atoms with van der Waals surface area (Å²) in [6, 6.07) is 0.375. The predicted molar refractivity (Wildman–Crippen MR) is 62.8 cm³/mol. The van der Waals surface area contributed by atoms with Gasteiger partial charge in [0.2, 0.25) is 0 Å². The lowest BCUT2D eigenvalue weighted by Crippen LogP contribution is -2.34. The molecular weight excluding hydrogens is 190 g/mol. The quantitative estimate of drug-likeness (QED) is 0.662. The highest BCUT2D eigenvalue weighted by molar-refractivity contribution is 5.71. The molecule has 0 saturated carbocycles. The highest BCUT2D eigenvalue weighted by atomic mass is 16.5. The van der Waals surface area contributed by atoms with E-state index in [0.29, 0.717) is 18.5 Å². The molecule has 0 fully saturated rings. The molecule has 1 N–H and O–H groups in total. The predicted octanol–water partition coefficient (Wildman–Crippen LogP) is 2.35. The van der Waals surface area contributed by atoms with Crippen LogP contribution in [0.3, 0.4) is 0 Å². The Labute approximate surface area is 93.6 Å². The van der Waals surface area contributed by atoms with Gasteiger partial charge in [-0.15, -0.1) is 0 Å². The zero-order chi connectivity index (χ0) is 11.8. The largest absolute Gasteiger partial charge is 0.462 e. The molecule has 0 aromatic heterocycles. The number of carbonyl (C=O) groups is 1. The molecule has 0 bridgehead atoms. The van der Waals surface area contributed by atoms with Crippen molar-refractivity contribution in [1.29, 1.82) is 0 Å². The molecule has 3 nitrogen and oxygen atoms in total. The molecule has 15 heavy (non-hydrogen) atoms. The number of hydrogen-bond acceptors (Lipinski definition) is 3. The maximum atomic E-state index is 11.2. The van der Waals surface area contributed by atoms with Crippen LogP contribution in [-0.4, -0.2) is 24.7 Å². The minimum Gasteiger partial charge on any atom is -0.462 e. The Morgan fingerprint density at radius 2 is 1.87 bits per heavy atom. The van der Waals surface area contributed by atoms with Crippen molar-refractivity contribution < 1.29 is 9.53 Å². The van der Waals surface area contributed by atoms with E-state index in [2.05, 4.69) is 26.1 Å². The average molecular weight is 215 g/mol. The number of nitrogens with one attached hydrogen (secondary N) is 1. The van der Waals surface area contributed by atoms with Crippen LogP contribution in [0.5, 0.6) is 0 Å². The second-order valence-corrected chi connectivity index (χ2v) is 4.57. The Hall–Kier alpha value is -0.570. The lowest BCUT2D eigenvalue weighted by Gasteiger charge is -2.17. The van der Waals surface area contributed by atoms with Crippen LogP contribution >= 0.6 is 0 Å². The van der Waals surface area contributed by atoms with Crippen LogP contribution in [0.1, 0.15) is 47.5 Å². The van der Waals surface area contributed by atoms with Crippen molar-refractivity contribution in [2.75, 3.05) is 6.54 Å². The van der Waals surface area contributed by atoms with E-state index in [1.165, 1.54) is 6.42 Å². The van der Waals surface area contributed by atoms with E-state index in [1.807, 2.05) is 13.8 Å². The van der Waals surface area contributed by atoms with E-state index in [1.54, 1.807) is 0 Å². The molecule has 2 unspecified atom stereocenters. The molecule has 0 spiro atoms. The van der Waals surface area contributed by atoms with E-state index < -0.39 is 0 Å². The van der Waals surface area contributed by atoms with Gasteiger partial charge in [0.1, 0.15) is 0 Å². The van der Waals surface area contributed by atoms with E-state index in [9.17, 15) is 4.79 Å². The van der Waals surface area contributed by atoms with Gasteiger partial charge in [0.25, 0.3) is 0 Å². The molecule has 0 aromatic carbocycles. The third kappa shape index (κ3) is 8.43. The van der Waals surface area contributed by atoms with E-state index in [0.717, 1.165) is 6.42 Å². The molecule has 0 rings (SSSR count). The summed E-state index contributed by atoms with van der Waals surface area (Å²) in [5, 5.41) is 3.18. The Morgan fingerprint density at radius 3 is 2.33 bits per heavy atom. The van der Waals surface area contributed by atoms with Crippen LogP contribution in [0.4, 0.5) is 0 Å². The molecule has 2 atom stereocenters. The van der Waals surface area contributed by atoms with E-state index in [4.69, 9.17) is 4.74 Å². The van der Waals surface area contributed by atoms with Crippen LogP contribution in [0.2, 0.25) is 0 Å². The maximum absolute atomic E-state index is 11.2. The van der Waals surface area contributed by atoms with Crippen LogP contribution in [0, 0.1) is 5.92 Å². The zero-order valence-corrected chi connectivity index (χ0v) is 10.7. The van der Waals surface area contributed by atoms with Gasteiger partial charge < -0.3 is 10.1 Å². The average Bonchev–Trinajstić information content (AvgIpc) is 2.13. The lowest BCUT2D eigenvalue weighted by molar-refractivity contribution is -0.146. The molecule has 0 aliphatic heterocycles. The van der Waals surface area contributed by atoms with Crippen molar-refractivity contribution in [1.82, 2.24) is 5.32 Å². The van der Waals surface area contributed by atoms with Gasteiger partial charge in [-0.25, -0.2) is 0 Å². The molecule has 0 radical (unpaired) electrons. The second-order valence-electron chi connectivity index (χ2n) is 4.57. The molecule has 0 aliphatic carbocycles. The van der Waals surface area contributed by atoms with Crippen LogP contribution in [0.15, 0.2) is 0 Å². The summed E-state index contributed by atoms with van der Waals surface area (Å²) < 4.78 is 5.03. The zero-order valence-electron chi connectivity index (χ0n) is 10.7. The van der Waals surface area contributed by atoms with E-state index >= 15 is 0 Å². The standard InChI is InChI=1S/C12H25NO2/c1-6-10(4)7-11(5)13-8-12(14)15-9(2)3/h9-11,13H,6-8H2,1-5H3. The number of ether oxygens (including phenoxy) is 1. The third-order valence-electron chi connectivity index (χ3n) is 2.41. The highest BCUT2D eigenvalue weighted by Crippen LogP contribution is 2.08. The van der Waals surface area contributed by atoms with Crippen molar-refractivity contribution in [3.8, 4) is 0 Å². The Balaban J connectivity index is 3.61. The van der Waals surface area contributed by atoms with Crippen LogP contribution in [0.25, 0.3) is 0 Å². The molecule has 0 aliphatic rings. The van der Waals surface area contributed by atoms with Crippen molar-refractivity contribution >= 4 is 5.97 Å². The van der Waals surface area contributed by atoms with Crippen LogP contribution < -0.4 is 5.32 Å². The first kappa shape index (κ1) is 14.4. The maximum Gasteiger partial charge on any atom is 0.320 e. The fourth-order valence-electron chi connectivity index (χ4n) is 1.42. The first-order valence-corrected chi connectivity index (χ1v) is 5.88. The lowest BCUT2D eigenvalue weighted by atomic mass is 10.0. The minimum atomic E-state index is -0.166. The van der Waals surface area contributed by atoms with Gasteiger partial charge in [-0.1, -0.05) is 20.3 Å². The molecule has 0 heterocycles. The summed E-state index contributed by atoms with van der Waals surface area (Å²) in [6.07, 6.45) is 2.26.